The molecule has 5 atom stereocenters. The average molecular weight is 795 g/mol. The number of ether oxygens (including phenoxy) is 1. The van der Waals surface area contributed by atoms with E-state index < -0.39 is 36.0 Å². The summed E-state index contributed by atoms with van der Waals surface area (Å²) in [5.41, 5.74) is 17.1. The van der Waals surface area contributed by atoms with E-state index >= 15 is 0 Å². The highest BCUT2D eigenvalue weighted by Crippen LogP contribution is 2.21. The summed E-state index contributed by atoms with van der Waals surface area (Å²) < 4.78 is 5.21. The molecule has 55 heavy (non-hydrogen) atoms. The Morgan fingerprint density at radius 1 is 0.764 bits per heavy atom. The van der Waals surface area contributed by atoms with Crippen molar-refractivity contribution in [1.82, 2.24) is 16.0 Å². The number of carbonyl (C=O) groups is 5. The molecule has 1 saturated carbocycles. The summed E-state index contributed by atoms with van der Waals surface area (Å²) in [6.45, 7) is 3.75. The van der Waals surface area contributed by atoms with Gasteiger partial charge in [0, 0.05) is 31.5 Å². The number of para-hydroxylation sites is 1. The Bertz CT molecular complexity index is 1330. The predicted octanol–water partition coefficient (Wildman–Crippen LogP) is 2.96. The van der Waals surface area contributed by atoms with E-state index in [1.807, 2.05) is 37.3 Å². The molecule has 1 fully saturated rings. The fraction of sp³-hybridized carbons (Fsp3) is 0.649. The first kappa shape index (κ1) is 48.6. The van der Waals surface area contributed by atoms with Crippen molar-refractivity contribution in [3.05, 3.63) is 30.3 Å². The zero-order valence-corrected chi connectivity index (χ0v) is 32.6. The number of carboxylic acids is 3. The van der Waals surface area contributed by atoms with Gasteiger partial charge in [-0.1, -0.05) is 25.1 Å². The molecule has 0 saturated heterocycles. The minimum absolute atomic E-state index is 0.0428. The normalized spacial score (nSPS) is 17.5. The molecule has 1 aromatic carbocycles. The van der Waals surface area contributed by atoms with E-state index in [0.29, 0.717) is 63.3 Å². The van der Waals surface area contributed by atoms with E-state index in [2.05, 4.69) is 26.3 Å². The molecule has 310 valence electrons. The molecule has 0 radical (unpaired) electrons. The van der Waals surface area contributed by atoms with Crippen LogP contribution in [0.4, 0.5) is 10.5 Å². The number of aliphatic imine (C=N–C) groups is 1. The Kier molecular flexibility index (Phi) is 25.6. The van der Waals surface area contributed by atoms with Crippen LogP contribution < -0.4 is 38.5 Å². The highest BCUT2D eigenvalue weighted by Gasteiger charge is 2.26. The van der Waals surface area contributed by atoms with Crippen LogP contribution in [-0.4, -0.2) is 106 Å². The third-order valence-corrected chi connectivity index (χ3v) is 9.04. The van der Waals surface area contributed by atoms with Gasteiger partial charge in [0.05, 0.1) is 0 Å². The summed E-state index contributed by atoms with van der Waals surface area (Å²) in [5.74, 6) is -2.69. The van der Waals surface area contributed by atoms with Crippen LogP contribution in [0.3, 0.4) is 0 Å². The Morgan fingerprint density at radius 3 is 1.69 bits per heavy atom. The van der Waals surface area contributed by atoms with Gasteiger partial charge in [-0.25, -0.2) is 4.79 Å². The summed E-state index contributed by atoms with van der Waals surface area (Å²) in [5, 5.41) is 38.0. The van der Waals surface area contributed by atoms with Crippen LogP contribution in [0.5, 0.6) is 0 Å². The summed E-state index contributed by atoms with van der Waals surface area (Å²) >= 11 is 5.14. The number of hydrogen-bond donors (Lipinski definition) is 10. The molecule has 18 heteroatoms. The lowest BCUT2D eigenvalue weighted by molar-refractivity contribution is -0.139. The summed E-state index contributed by atoms with van der Waals surface area (Å²) in [6, 6.07) is 7.01. The first-order valence-corrected chi connectivity index (χ1v) is 19.4. The van der Waals surface area contributed by atoms with Gasteiger partial charge in [0.1, 0.15) is 30.3 Å². The van der Waals surface area contributed by atoms with Gasteiger partial charge < -0.3 is 58.5 Å². The van der Waals surface area contributed by atoms with Crippen LogP contribution in [0.2, 0.25) is 0 Å². The van der Waals surface area contributed by atoms with Crippen LogP contribution in [0.15, 0.2) is 35.3 Å². The molecular weight excluding hydrogens is 733 g/mol. The van der Waals surface area contributed by atoms with Crippen LogP contribution in [0.25, 0.3) is 0 Å². The van der Waals surface area contributed by atoms with E-state index in [4.69, 9.17) is 49.5 Å². The van der Waals surface area contributed by atoms with E-state index in [1.54, 1.807) is 6.21 Å². The van der Waals surface area contributed by atoms with E-state index in [-0.39, 0.29) is 30.1 Å². The molecule has 1 aromatic rings. The van der Waals surface area contributed by atoms with Crippen LogP contribution >= 0.6 is 12.2 Å². The SMILES string of the molecule is C[C@@H]1CC=N[C@H]1C(=O)NCCCC[C@H](N)C(=O)O.N[C@@H](CCCCNC(=O)OC1CCCC1)C(=O)O.N[C@@H](CCCCNC(=S)Nc1ccccc1)C(=O)O. The highest BCUT2D eigenvalue weighted by molar-refractivity contribution is 7.80. The summed E-state index contributed by atoms with van der Waals surface area (Å²) in [6.07, 6.45) is 12.3. The molecule has 13 N–H and O–H groups in total. The van der Waals surface area contributed by atoms with Gasteiger partial charge in [-0.15, -0.1) is 0 Å². The minimum atomic E-state index is -0.983. The van der Waals surface area contributed by atoms with Gasteiger partial charge in [-0.2, -0.15) is 0 Å². The van der Waals surface area contributed by atoms with Crippen molar-refractivity contribution >= 4 is 59.1 Å². The third kappa shape index (κ3) is 23.9. The fourth-order valence-electron chi connectivity index (χ4n) is 5.39. The Balaban J connectivity index is 0.000000413. The topological polar surface area (TPSA) is 294 Å². The first-order chi connectivity index (χ1) is 26.2. The number of alkyl carbamates (subject to hydrolysis) is 1. The Labute approximate surface area is 329 Å². The predicted molar refractivity (Wildman–Crippen MR) is 215 cm³/mol. The maximum atomic E-state index is 11.7. The molecule has 17 nitrogen and oxygen atoms in total. The number of carboxylic acid groups (broad SMARTS) is 3. The summed E-state index contributed by atoms with van der Waals surface area (Å²) in [4.78, 5) is 58.6. The molecule has 0 unspecified atom stereocenters. The van der Waals surface area contributed by atoms with Crippen molar-refractivity contribution in [2.24, 2.45) is 28.1 Å². The number of nitrogens with one attached hydrogen (secondary N) is 4. The number of anilines is 1. The van der Waals surface area contributed by atoms with Crippen LogP contribution in [0, 0.1) is 5.92 Å². The number of amides is 2. The van der Waals surface area contributed by atoms with Crippen LogP contribution in [-0.2, 0) is 23.9 Å². The zero-order chi connectivity index (χ0) is 41.0. The molecular formula is C37H62N8O9S. The van der Waals surface area contributed by atoms with Crippen molar-refractivity contribution in [3.63, 3.8) is 0 Å². The number of benzene rings is 1. The van der Waals surface area contributed by atoms with Crippen molar-refractivity contribution in [2.75, 3.05) is 25.0 Å². The molecule has 0 aromatic heterocycles. The number of hydrogen-bond acceptors (Lipinski definition) is 11. The van der Waals surface area contributed by atoms with Gasteiger partial charge in [0.15, 0.2) is 5.11 Å². The first-order valence-electron chi connectivity index (χ1n) is 19.0. The molecule has 1 aliphatic heterocycles. The number of nitrogens with zero attached hydrogens (tertiary/aromatic N) is 1. The molecule has 2 amide bonds. The maximum Gasteiger partial charge on any atom is 0.407 e. The smallest absolute Gasteiger partial charge is 0.407 e. The number of rotatable bonds is 21. The molecule has 0 bridgehead atoms. The van der Waals surface area contributed by atoms with E-state index in [0.717, 1.165) is 57.1 Å². The number of carbonyl (C=O) groups excluding carboxylic acids is 2. The van der Waals surface area contributed by atoms with Crippen molar-refractivity contribution < 1.29 is 44.0 Å². The zero-order valence-electron chi connectivity index (χ0n) is 31.8. The fourth-order valence-corrected chi connectivity index (χ4v) is 5.61. The molecule has 3 rings (SSSR count). The second-order valence-electron chi connectivity index (χ2n) is 13.6. The largest absolute Gasteiger partial charge is 0.480 e. The second kappa shape index (κ2) is 29.0. The second-order valence-corrected chi connectivity index (χ2v) is 14.0. The maximum absolute atomic E-state index is 11.7. The van der Waals surface area contributed by atoms with E-state index in [9.17, 15) is 24.0 Å². The number of aliphatic carboxylic acids is 3. The lowest BCUT2D eigenvalue weighted by Gasteiger charge is -2.13. The Hall–Kier alpha value is -4.39. The average Bonchev–Trinajstić information content (AvgIpc) is 3.83. The standard InChI is InChI=1S/C13H19N3O2S.C12H21N3O3.C12H22N2O4/c14-11(12(17)18)8-4-5-9-15-13(19)16-10-6-2-1-3-7-10;1-8-5-7-14-10(8)11(16)15-6-3-2-4-9(13)12(17)18;13-10(11(15)16)7-3-4-8-14-12(17)18-9-5-1-2-6-9/h1-3,6-7,11H,4-5,8-9,14H2,(H,17,18)(H2,15,16,19);7-10H,2-6,13H2,1H3,(H,15,16)(H,17,18);9-10H,1-8,13H2,(H,14,17)(H,15,16)/t11-;8-,9+,10-;10-/m010/s1. The van der Waals surface area contributed by atoms with Gasteiger partial charge in [0.2, 0.25) is 5.91 Å². The highest BCUT2D eigenvalue weighted by atomic mass is 32.1. The lowest BCUT2D eigenvalue weighted by atomic mass is 10.0. The molecule has 0 spiro atoms. The van der Waals surface area contributed by atoms with Gasteiger partial charge in [-0.05, 0) is 120 Å². The van der Waals surface area contributed by atoms with Crippen molar-refractivity contribution in [3.8, 4) is 0 Å². The van der Waals surface area contributed by atoms with Crippen molar-refractivity contribution in [2.45, 2.75) is 127 Å². The lowest BCUT2D eigenvalue weighted by Crippen LogP contribution is -2.36. The number of thiocarbonyl (C=S) groups is 1. The minimum Gasteiger partial charge on any atom is -0.480 e. The Morgan fingerprint density at radius 2 is 1.24 bits per heavy atom. The quantitative estimate of drug-likeness (QED) is 0.0632. The van der Waals surface area contributed by atoms with Gasteiger partial charge in [0.25, 0.3) is 0 Å². The van der Waals surface area contributed by atoms with Gasteiger partial charge >= 0.3 is 24.0 Å². The summed E-state index contributed by atoms with van der Waals surface area (Å²) in [7, 11) is 0. The van der Waals surface area contributed by atoms with Gasteiger partial charge in [-0.3, -0.25) is 24.2 Å². The molecule has 1 heterocycles. The third-order valence-electron chi connectivity index (χ3n) is 8.79. The molecule has 2 aliphatic rings. The molecule has 1 aliphatic carbocycles. The van der Waals surface area contributed by atoms with Crippen LogP contribution in [0.1, 0.15) is 96.8 Å². The van der Waals surface area contributed by atoms with Crippen molar-refractivity contribution in [1.29, 1.82) is 0 Å². The monoisotopic (exact) mass is 794 g/mol. The van der Waals surface area contributed by atoms with E-state index in [1.165, 1.54) is 0 Å². The number of nitrogens with two attached hydrogens (primary N) is 3. The number of unbranched alkanes of at least 4 members (excludes halogenated alkanes) is 3.